The molecular formula is C12H13N3O2. The predicted molar refractivity (Wildman–Crippen MR) is 64.3 cm³/mol. The van der Waals surface area contributed by atoms with Crippen LogP contribution >= 0.6 is 0 Å². The van der Waals surface area contributed by atoms with E-state index in [2.05, 4.69) is 10.4 Å². The Morgan fingerprint density at radius 1 is 1.53 bits per heavy atom. The van der Waals surface area contributed by atoms with Crippen LogP contribution in [0.5, 0.6) is 0 Å². The first-order valence-electron chi connectivity index (χ1n) is 5.62. The van der Waals surface area contributed by atoms with E-state index in [1.165, 1.54) is 12.8 Å². The number of fused-ring (bicyclic) bond motifs is 1. The fourth-order valence-corrected chi connectivity index (χ4v) is 1.92. The number of aromatic carboxylic acids is 1. The summed E-state index contributed by atoms with van der Waals surface area (Å²) in [5.41, 5.74) is 1.13. The van der Waals surface area contributed by atoms with Crippen molar-refractivity contribution in [3.63, 3.8) is 0 Å². The van der Waals surface area contributed by atoms with Gasteiger partial charge in [0, 0.05) is 18.5 Å². The van der Waals surface area contributed by atoms with E-state index >= 15 is 0 Å². The highest BCUT2D eigenvalue weighted by atomic mass is 16.4. The molecule has 1 aromatic heterocycles. The number of carbonyl (C=O) groups is 1. The lowest BCUT2D eigenvalue weighted by Gasteiger charge is -1.99. The maximum Gasteiger partial charge on any atom is 0.335 e. The minimum Gasteiger partial charge on any atom is -0.478 e. The summed E-state index contributed by atoms with van der Waals surface area (Å²) in [6, 6.07) is 5.62. The SMILES string of the molecule is Cn1nc(NC2CC2)c2ccc(C(=O)O)cc21. The number of aromatic nitrogens is 2. The molecule has 1 saturated carbocycles. The van der Waals surface area contributed by atoms with Gasteiger partial charge in [0.1, 0.15) is 0 Å². The molecule has 0 spiro atoms. The second-order valence-corrected chi connectivity index (χ2v) is 4.43. The Kier molecular flexibility index (Phi) is 2.07. The van der Waals surface area contributed by atoms with Gasteiger partial charge in [-0.3, -0.25) is 4.68 Å². The first-order chi connectivity index (χ1) is 8.15. The molecule has 1 heterocycles. The van der Waals surface area contributed by atoms with Crippen LogP contribution in [0, 0.1) is 0 Å². The monoisotopic (exact) mass is 231 g/mol. The van der Waals surface area contributed by atoms with Gasteiger partial charge < -0.3 is 10.4 Å². The van der Waals surface area contributed by atoms with Gasteiger partial charge in [-0.25, -0.2) is 4.79 Å². The molecule has 0 saturated heterocycles. The van der Waals surface area contributed by atoms with Crippen molar-refractivity contribution in [1.82, 2.24) is 9.78 Å². The molecule has 2 N–H and O–H groups in total. The lowest BCUT2D eigenvalue weighted by molar-refractivity contribution is 0.0697. The second-order valence-electron chi connectivity index (χ2n) is 4.43. The minimum atomic E-state index is -0.912. The van der Waals surface area contributed by atoms with E-state index in [4.69, 9.17) is 5.11 Å². The van der Waals surface area contributed by atoms with Crippen LogP contribution < -0.4 is 5.32 Å². The molecule has 88 valence electrons. The van der Waals surface area contributed by atoms with E-state index in [1.54, 1.807) is 16.8 Å². The normalized spacial score (nSPS) is 15.1. The van der Waals surface area contributed by atoms with Crippen LogP contribution in [0.25, 0.3) is 10.9 Å². The maximum absolute atomic E-state index is 10.9. The Morgan fingerprint density at radius 2 is 2.29 bits per heavy atom. The predicted octanol–water partition coefficient (Wildman–Crippen LogP) is 1.85. The largest absolute Gasteiger partial charge is 0.478 e. The van der Waals surface area contributed by atoms with E-state index in [0.717, 1.165) is 16.7 Å². The number of hydrogen-bond donors (Lipinski definition) is 2. The Morgan fingerprint density at radius 3 is 2.94 bits per heavy atom. The highest BCUT2D eigenvalue weighted by Gasteiger charge is 2.23. The van der Waals surface area contributed by atoms with Gasteiger partial charge in [0.05, 0.1) is 11.1 Å². The van der Waals surface area contributed by atoms with E-state index in [9.17, 15) is 4.79 Å². The summed E-state index contributed by atoms with van der Waals surface area (Å²) in [6.07, 6.45) is 2.37. The maximum atomic E-state index is 10.9. The molecule has 1 aromatic carbocycles. The van der Waals surface area contributed by atoms with Crippen molar-refractivity contribution in [2.24, 2.45) is 7.05 Å². The van der Waals surface area contributed by atoms with Crippen molar-refractivity contribution in [2.45, 2.75) is 18.9 Å². The van der Waals surface area contributed by atoms with E-state index < -0.39 is 5.97 Å². The lowest BCUT2D eigenvalue weighted by atomic mass is 10.1. The lowest BCUT2D eigenvalue weighted by Crippen LogP contribution is -2.02. The summed E-state index contributed by atoms with van der Waals surface area (Å²) in [7, 11) is 1.83. The third-order valence-corrected chi connectivity index (χ3v) is 3.02. The smallest absolute Gasteiger partial charge is 0.335 e. The molecule has 0 unspecified atom stereocenters. The van der Waals surface area contributed by atoms with E-state index in [-0.39, 0.29) is 0 Å². The topological polar surface area (TPSA) is 67.2 Å². The van der Waals surface area contributed by atoms with Crippen molar-refractivity contribution >= 4 is 22.7 Å². The zero-order valence-corrected chi connectivity index (χ0v) is 9.47. The molecule has 0 amide bonds. The molecule has 1 aliphatic carbocycles. The Labute approximate surface area is 98.0 Å². The zero-order valence-electron chi connectivity index (χ0n) is 9.47. The first-order valence-corrected chi connectivity index (χ1v) is 5.62. The van der Waals surface area contributed by atoms with Gasteiger partial charge in [0.15, 0.2) is 5.82 Å². The molecule has 5 heteroatoms. The third-order valence-electron chi connectivity index (χ3n) is 3.02. The number of nitrogens with zero attached hydrogens (tertiary/aromatic N) is 2. The number of rotatable bonds is 3. The van der Waals surface area contributed by atoms with Gasteiger partial charge in [-0.2, -0.15) is 5.10 Å². The van der Waals surface area contributed by atoms with Gasteiger partial charge in [-0.05, 0) is 31.0 Å². The molecular weight excluding hydrogens is 218 g/mol. The summed E-state index contributed by atoms with van der Waals surface area (Å²) in [6.45, 7) is 0. The van der Waals surface area contributed by atoms with E-state index in [0.29, 0.717) is 11.6 Å². The zero-order chi connectivity index (χ0) is 12.0. The number of nitrogens with one attached hydrogen (secondary N) is 1. The molecule has 3 rings (SSSR count). The minimum absolute atomic E-state index is 0.290. The van der Waals surface area contributed by atoms with Gasteiger partial charge in [-0.15, -0.1) is 0 Å². The first kappa shape index (κ1) is 10.1. The second kappa shape index (κ2) is 3.48. The summed E-state index contributed by atoms with van der Waals surface area (Å²) in [5, 5.41) is 17.7. The summed E-state index contributed by atoms with van der Waals surface area (Å²) in [4.78, 5) is 10.9. The van der Waals surface area contributed by atoms with Crippen molar-refractivity contribution in [1.29, 1.82) is 0 Å². The molecule has 0 atom stereocenters. The summed E-state index contributed by atoms with van der Waals surface area (Å²) < 4.78 is 1.71. The molecule has 5 nitrogen and oxygen atoms in total. The fraction of sp³-hybridized carbons (Fsp3) is 0.333. The average Bonchev–Trinajstić information content (AvgIpc) is 3.05. The number of carboxylic acids is 1. The Balaban J connectivity index is 2.10. The van der Waals surface area contributed by atoms with Crippen molar-refractivity contribution in [3.05, 3.63) is 23.8 Å². The van der Waals surface area contributed by atoms with Gasteiger partial charge in [0.25, 0.3) is 0 Å². The van der Waals surface area contributed by atoms with Gasteiger partial charge in [0.2, 0.25) is 0 Å². The summed E-state index contributed by atoms with van der Waals surface area (Å²) >= 11 is 0. The van der Waals surface area contributed by atoms with Crippen LogP contribution in [-0.4, -0.2) is 26.9 Å². The standard InChI is InChI=1S/C12H13N3O2/c1-15-10-6-7(12(16)17)2-5-9(10)11(14-15)13-8-3-4-8/h2,5-6,8H,3-4H2,1H3,(H,13,14)(H,16,17). The highest BCUT2D eigenvalue weighted by Crippen LogP contribution is 2.29. The van der Waals surface area contributed by atoms with Crippen molar-refractivity contribution in [3.8, 4) is 0 Å². The van der Waals surface area contributed by atoms with Crippen molar-refractivity contribution in [2.75, 3.05) is 5.32 Å². The summed E-state index contributed by atoms with van der Waals surface area (Å²) in [5.74, 6) is -0.0632. The van der Waals surface area contributed by atoms with Crippen LogP contribution in [0.4, 0.5) is 5.82 Å². The number of carboxylic acid groups (broad SMARTS) is 1. The molecule has 0 bridgehead atoms. The van der Waals surface area contributed by atoms with Crippen LogP contribution in [0.15, 0.2) is 18.2 Å². The Bertz CT molecular complexity index is 599. The van der Waals surface area contributed by atoms with Crippen molar-refractivity contribution < 1.29 is 9.90 Å². The van der Waals surface area contributed by atoms with Crippen LogP contribution in [0.2, 0.25) is 0 Å². The Hall–Kier alpha value is -2.04. The van der Waals surface area contributed by atoms with Crippen LogP contribution in [0.1, 0.15) is 23.2 Å². The van der Waals surface area contributed by atoms with E-state index in [1.807, 2.05) is 13.1 Å². The molecule has 0 aliphatic heterocycles. The molecule has 17 heavy (non-hydrogen) atoms. The number of aryl methyl sites for hydroxylation is 1. The highest BCUT2D eigenvalue weighted by molar-refractivity contribution is 5.97. The third kappa shape index (κ3) is 1.73. The number of benzene rings is 1. The molecule has 0 radical (unpaired) electrons. The molecule has 1 fully saturated rings. The molecule has 1 aliphatic rings. The van der Waals surface area contributed by atoms with Gasteiger partial charge in [-0.1, -0.05) is 0 Å². The number of anilines is 1. The quantitative estimate of drug-likeness (QED) is 0.845. The number of hydrogen-bond acceptors (Lipinski definition) is 3. The van der Waals surface area contributed by atoms with Crippen LogP contribution in [-0.2, 0) is 7.05 Å². The molecule has 2 aromatic rings. The van der Waals surface area contributed by atoms with Crippen LogP contribution in [0.3, 0.4) is 0 Å². The fourth-order valence-electron chi connectivity index (χ4n) is 1.92. The average molecular weight is 231 g/mol. The van der Waals surface area contributed by atoms with Gasteiger partial charge >= 0.3 is 5.97 Å².